The highest BCUT2D eigenvalue weighted by Gasteiger charge is 2.36. The quantitative estimate of drug-likeness (QED) is 0.0863. The molecule has 1 saturated heterocycles. The van der Waals surface area contributed by atoms with Crippen molar-refractivity contribution in [3.05, 3.63) is 0 Å². The average Bonchev–Trinajstić information content (AvgIpc) is 3.15. The molecule has 21 nitrogen and oxygen atoms in total. The molecule has 0 bridgehead atoms. The molecule has 1 aliphatic heterocycles. The number of carboxylic acid groups (broad SMARTS) is 2. The number of aliphatic carboxylic acids is 2. The lowest BCUT2D eigenvalue weighted by Crippen LogP contribution is -2.61. The number of rotatable bonds is 15. The van der Waals surface area contributed by atoms with Gasteiger partial charge in [0, 0.05) is 6.54 Å². The maximum atomic E-state index is 13.8. The van der Waals surface area contributed by atoms with Crippen LogP contribution in [0.15, 0.2) is 0 Å². The summed E-state index contributed by atoms with van der Waals surface area (Å²) in [5, 5.41) is 39.0. The zero-order valence-electron chi connectivity index (χ0n) is 35.3. The van der Waals surface area contributed by atoms with Gasteiger partial charge in [-0.2, -0.15) is 0 Å². The van der Waals surface area contributed by atoms with E-state index in [0.717, 1.165) is 0 Å². The fraction of sp³-hybridized carbons (Fsp3) is 0.737. The number of nitrogens with two attached hydrogens (primary N) is 1. The smallest absolute Gasteiger partial charge is 0.326 e. The van der Waals surface area contributed by atoms with Gasteiger partial charge in [-0.1, -0.05) is 54.4 Å². The first kappa shape index (κ1) is 51.7. The van der Waals surface area contributed by atoms with Crippen LogP contribution in [-0.4, -0.2) is 124 Å². The van der Waals surface area contributed by atoms with Crippen LogP contribution in [0.3, 0.4) is 0 Å². The SMILES string of the molecule is CC[C@H](C)[C@H](NC(=O)[C@@H]1CC(=O)NCCCC[C@H](NC(=O)[C@H](C)NC(=O)[C@@H](N)CC(C)C)C(=O)N[C@@H]([C@@H](C)CC)C(=O)N[C@@H](C)C(=O)N[C@@H](CC(=O)O)C(=O)N1)C(=O)O. The van der Waals surface area contributed by atoms with Crippen LogP contribution in [0.1, 0.15) is 107 Å². The van der Waals surface area contributed by atoms with Crippen molar-refractivity contribution in [2.24, 2.45) is 23.5 Å². The van der Waals surface area contributed by atoms with Gasteiger partial charge in [0.2, 0.25) is 47.3 Å². The van der Waals surface area contributed by atoms with E-state index < -0.39 is 132 Å². The van der Waals surface area contributed by atoms with Gasteiger partial charge in [0.15, 0.2) is 0 Å². The first-order valence-corrected chi connectivity index (χ1v) is 20.1. The zero-order chi connectivity index (χ0) is 45.1. The molecule has 334 valence electrons. The second-order valence-corrected chi connectivity index (χ2v) is 15.6. The number of hydrogen-bond donors (Lipinski definition) is 11. The molecule has 0 aliphatic carbocycles. The molecule has 21 heteroatoms. The molecule has 8 amide bonds. The molecule has 10 atom stereocenters. The molecule has 1 fully saturated rings. The van der Waals surface area contributed by atoms with Gasteiger partial charge in [-0.3, -0.25) is 43.2 Å². The van der Waals surface area contributed by atoms with Crippen molar-refractivity contribution in [3.63, 3.8) is 0 Å². The molecule has 1 rings (SSSR count). The predicted octanol–water partition coefficient (Wildman–Crippen LogP) is -1.87. The molecular formula is C38H65N9O12. The van der Waals surface area contributed by atoms with Gasteiger partial charge in [0.1, 0.15) is 42.3 Å². The topological polar surface area (TPSA) is 333 Å². The van der Waals surface area contributed by atoms with E-state index in [-0.39, 0.29) is 31.7 Å². The third-order valence-corrected chi connectivity index (χ3v) is 10.0. The summed E-state index contributed by atoms with van der Waals surface area (Å²) in [5.41, 5.74) is 5.96. The normalized spacial score (nSPS) is 24.2. The van der Waals surface area contributed by atoms with E-state index in [1.165, 1.54) is 13.8 Å². The lowest BCUT2D eigenvalue weighted by Gasteiger charge is -2.29. The fourth-order valence-electron chi connectivity index (χ4n) is 5.95. The van der Waals surface area contributed by atoms with Gasteiger partial charge < -0.3 is 58.5 Å². The number of hydrogen-bond acceptors (Lipinski definition) is 11. The summed E-state index contributed by atoms with van der Waals surface area (Å²) < 4.78 is 0. The van der Waals surface area contributed by atoms with E-state index in [2.05, 4.69) is 42.5 Å². The Kier molecular flexibility index (Phi) is 22.1. The van der Waals surface area contributed by atoms with Gasteiger partial charge in [-0.15, -0.1) is 0 Å². The second-order valence-electron chi connectivity index (χ2n) is 15.6. The standard InChI is InChI=1S/C38H65N9O12/c1-9-19(5)29-37(57)42-22(8)32(52)44-26(17-28(49)50)35(55)45-25(36(56)47-30(38(58)59)20(6)10-2)16-27(48)40-14-12-11-13-24(34(54)46-29)43-31(51)21(7)41-33(53)23(39)15-18(3)4/h18-26,29-30H,9-17,39H2,1-8H3,(H,40,48)(H,41,53)(H,42,57)(H,43,51)(H,44,52)(H,45,55)(H,46,54)(H,47,56)(H,49,50)(H,58,59)/t19-,20-,21-,22-,23-,24-,25-,26-,29-,30-/m0/s1. The highest BCUT2D eigenvalue weighted by atomic mass is 16.4. The van der Waals surface area contributed by atoms with E-state index in [4.69, 9.17) is 5.73 Å². The molecular weight excluding hydrogens is 774 g/mol. The van der Waals surface area contributed by atoms with Crippen LogP contribution in [-0.2, 0) is 47.9 Å². The Morgan fingerprint density at radius 2 is 1.44 bits per heavy atom. The molecule has 0 spiro atoms. The molecule has 59 heavy (non-hydrogen) atoms. The second kappa shape index (κ2) is 25.2. The summed E-state index contributed by atoms with van der Waals surface area (Å²) in [6.45, 7) is 13.1. The molecule has 0 aromatic heterocycles. The molecule has 1 aliphatic rings. The summed E-state index contributed by atoms with van der Waals surface area (Å²) >= 11 is 0. The minimum atomic E-state index is -1.82. The molecule has 0 unspecified atom stereocenters. The summed E-state index contributed by atoms with van der Waals surface area (Å²) in [4.78, 5) is 130. The van der Waals surface area contributed by atoms with Gasteiger partial charge in [-0.25, -0.2) is 4.79 Å². The Hall–Kier alpha value is -5.34. The van der Waals surface area contributed by atoms with Crippen molar-refractivity contribution in [1.82, 2.24) is 42.5 Å². The maximum Gasteiger partial charge on any atom is 0.326 e. The number of nitrogens with one attached hydrogen (secondary N) is 8. The molecule has 0 aromatic carbocycles. The van der Waals surface area contributed by atoms with Crippen molar-refractivity contribution >= 4 is 59.2 Å². The Balaban J connectivity index is 3.54. The number of carbonyl (C=O) groups excluding carboxylic acids is 8. The van der Waals surface area contributed by atoms with Crippen molar-refractivity contribution < 1.29 is 58.2 Å². The third kappa shape index (κ3) is 18.0. The van der Waals surface area contributed by atoms with Crippen molar-refractivity contribution in [2.45, 2.75) is 155 Å². The van der Waals surface area contributed by atoms with Crippen molar-refractivity contribution in [3.8, 4) is 0 Å². The Bertz CT molecular complexity index is 1530. The van der Waals surface area contributed by atoms with Crippen LogP contribution >= 0.6 is 0 Å². The fourth-order valence-corrected chi connectivity index (χ4v) is 5.95. The Labute approximate surface area is 344 Å². The van der Waals surface area contributed by atoms with E-state index in [1.807, 2.05) is 13.8 Å². The van der Waals surface area contributed by atoms with Gasteiger partial charge >= 0.3 is 11.9 Å². The van der Waals surface area contributed by atoms with Crippen LogP contribution < -0.4 is 48.3 Å². The van der Waals surface area contributed by atoms with Gasteiger partial charge in [0.05, 0.1) is 18.9 Å². The Morgan fingerprint density at radius 3 is 2.00 bits per heavy atom. The van der Waals surface area contributed by atoms with E-state index in [1.54, 1.807) is 27.7 Å². The highest BCUT2D eigenvalue weighted by molar-refractivity contribution is 5.99. The summed E-state index contributed by atoms with van der Waals surface area (Å²) in [5.74, 6) is -10.7. The van der Waals surface area contributed by atoms with Crippen LogP contribution in [0.25, 0.3) is 0 Å². The summed E-state index contributed by atoms with van der Waals surface area (Å²) in [6.07, 6.45) is -0.119. The molecule has 0 saturated carbocycles. The maximum absolute atomic E-state index is 13.8. The van der Waals surface area contributed by atoms with Crippen LogP contribution in [0.4, 0.5) is 0 Å². The summed E-state index contributed by atoms with van der Waals surface area (Å²) in [7, 11) is 0. The molecule has 0 radical (unpaired) electrons. The molecule has 12 N–H and O–H groups in total. The number of carbonyl (C=O) groups is 10. The number of amides is 8. The van der Waals surface area contributed by atoms with Gasteiger partial charge in [-0.05, 0) is 57.3 Å². The highest BCUT2D eigenvalue weighted by Crippen LogP contribution is 2.12. The summed E-state index contributed by atoms with van der Waals surface area (Å²) in [6, 6.07) is -10.8. The van der Waals surface area contributed by atoms with Crippen molar-refractivity contribution in [1.29, 1.82) is 0 Å². The first-order chi connectivity index (χ1) is 27.5. The minimum Gasteiger partial charge on any atom is -0.481 e. The average molecular weight is 840 g/mol. The van der Waals surface area contributed by atoms with Crippen LogP contribution in [0.5, 0.6) is 0 Å². The lowest BCUT2D eigenvalue weighted by atomic mass is 9.97. The van der Waals surface area contributed by atoms with Gasteiger partial charge in [0.25, 0.3) is 0 Å². The molecule has 0 aromatic rings. The van der Waals surface area contributed by atoms with Crippen molar-refractivity contribution in [2.75, 3.05) is 6.54 Å². The largest absolute Gasteiger partial charge is 0.481 e. The van der Waals surface area contributed by atoms with Crippen LogP contribution in [0.2, 0.25) is 0 Å². The van der Waals surface area contributed by atoms with E-state index in [9.17, 15) is 58.2 Å². The third-order valence-electron chi connectivity index (χ3n) is 10.0. The lowest BCUT2D eigenvalue weighted by molar-refractivity contribution is -0.144. The minimum absolute atomic E-state index is 0.00682. The van der Waals surface area contributed by atoms with E-state index in [0.29, 0.717) is 19.3 Å². The van der Waals surface area contributed by atoms with E-state index >= 15 is 0 Å². The number of carboxylic acids is 2. The first-order valence-electron chi connectivity index (χ1n) is 20.1. The Morgan fingerprint density at radius 1 is 0.797 bits per heavy atom. The monoisotopic (exact) mass is 839 g/mol. The molecule has 1 heterocycles. The van der Waals surface area contributed by atoms with Crippen LogP contribution in [0, 0.1) is 17.8 Å². The predicted molar refractivity (Wildman–Crippen MR) is 213 cm³/mol. The zero-order valence-corrected chi connectivity index (χ0v) is 35.3.